The molecule has 29 heavy (non-hydrogen) atoms. The summed E-state index contributed by atoms with van der Waals surface area (Å²) < 4.78 is 14.8. The molecular weight excluding hydrogens is 409 g/mol. The lowest BCUT2D eigenvalue weighted by atomic mass is 10.2. The quantitative estimate of drug-likeness (QED) is 0.422. The normalized spacial score (nSPS) is 11.4. The van der Waals surface area contributed by atoms with Gasteiger partial charge in [-0.2, -0.15) is 0 Å². The lowest BCUT2D eigenvalue weighted by molar-refractivity contribution is 0.268. The molecule has 0 aliphatic rings. The fourth-order valence-electron chi connectivity index (χ4n) is 3.22. The number of hydrogen-bond acceptors (Lipinski definition) is 4. The lowest BCUT2D eigenvalue weighted by Gasteiger charge is -2.20. The molecule has 2 heterocycles. The summed E-state index contributed by atoms with van der Waals surface area (Å²) in [6.07, 6.45) is 0. The first-order valence-corrected chi connectivity index (χ1v) is 10.5. The Labute approximate surface area is 176 Å². The van der Waals surface area contributed by atoms with Gasteiger partial charge in [0.1, 0.15) is 5.82 Å². The van der Waals surface area contributed by atoms with Crippen LogP contribution in [0.2, 0.25) is 5.02 Å². The number of thiazole rings is 1. The molecule has 4 rings (SSSR count). The topological polar surface area (TPSA) is 37.6 Å². The summed E-state index contributed by atoms with van der Waals surface area (Å²) in [6, 6.07) is 15.5. The van der Waals surface area contributed by atoms with E-state index < -0.39 is 0 Å². The molecule has 0 fully saturated rings. The van der Waals surface area contributed by atoms with E-state index in [1.807, 2.05) is 29.6 Å². The van der Waals surface area contributed by atoms with E-state index in [1.54, 1.807) is 22.6 Å². The van der Waals surface area contributed by atoms with Gasteiger partial charge in [0.2, 0.25) is 0 Å². The highest BCUT2D eigenvalue weighted by atomic mass is 35.5. The zero-order valence-corrected chi connectivity index (χ0v) is 17.4. The van der Waals surface area contributed by atoms with Crippen molar-refractivity contribution in [3.63, 3.8) is 0 Å². The highest BCUT2D eigenvalue weighted by Crippen LogP contribution is 2.24. The number of fused-ring (bicyclic) bond motifs is 1. The molecule has 0 bridgehead atoms. The fourth-order valence-corrected chi connectivity index (χ4v) is 4.27. The number of rotatable bonds is 6. The van der Waals surface area contributed by atoms with Gasteiger partial charge in [-0.1, -0.05) is 30.7 Å². The van der Waals surface area contributed by atoms with Crippen LogP contribution in [0.25, 0.3) is 16.2 Å². The molecule has 0 amide bonds. The number of benzene rings is 2. The van der Waals surface area contributed by atoms with Gasteiger partial charge in [-0.25, -0.2) is 9.37 Å². The summed E-state index contributed by atoms with van der Waals surface area (Å²) in [5.74, 6) is -0.304. The molecule has 0 aliphatic heterocycles. The highest BCUT2D eigenvalue weighted by Gasteiger charge is 2.13. The molecule has 0 aliphatic carbocycles. The van der Waals surface area contributed by atoms with E-state index in [-0.39, 0.29) is 11.4 Å². The van der Waals surface area contributed by atoms with E-state index in [2.05, 4.69) is 16.8 Å². The van der Waals surface area contributed by atoms with Crippen molar-refractivity contribution in [3.05, 3.63) is 92.4 Å². The van der Waals surface area contributed by atoms with Crippen LogP contribution >= 0.6 is 22.9 Å². The molecule has 0 radical (unpaired) electrons. The average Bonchev–Trinajstić information content (AvgIpc) is 3.14. The van der Waals surface area contributed by atoms with Gasteiger partial charge in [0, 0.05) is 29.6 Å². The predicted octanol–water partition coefficient (Wildman–Crippen LogP) is 5.24. The van der Waals surface area contributed by atoms with Crippen LogP contribution < -0.4 is 5.56 Å². The van der Waals surface area contributed by atoms with Gasteiger partial charge in [0.15, 0.2) is 4.96 Å². The summed E-state index contributed by atoms with van der Waals surface area (Å²) >= 11 is 7.37. The fraction of sp³-hybridized carbons (Fsp3) is 0.182. The van der Waals surface area contributed by atoms with E-state index in [0.29, 0.717) is 16.5 Å². The third kappa shape index (κ3) is 4.40. The van der Waals surface area contributed by atoms with Crippen molar-refractivity contribution in [2.75, 3.05) is 6.54 Å². The van der Waals surface area contributed by atoms with Crippen molar-refractivity contribution in [2.45, 2.75) is 20.0 Å². The average molecular weight is 428 g/mol. The van der Waals surface area contributed by atoms with Gasteiger partial charge < -0.3 is 0 Å². The van der Waals surface area contributed by atoms with Crippen LogP contribution in [0, 0.1) is 5.82 Å². The second-order valence-electron chi connectivity index (χ2n) is 6.76. The Morgan fingerprint density at radius 3 is 2.52 bits per heavy atom. The van der Waals surface area contributed by atoms with E-state index in [9.17, 15) is 9.18 Å². The second kappa shape index (κ2) is 8.45. The smallest absolute Gasteiger partial charge is 0.259 e. The highest BCUT2D eigenvalue weighted by molar-refractivity contribution is 7.15. The van der Waals surface area contributed by atoms with Gasteiger partial charge in [-0.05, 0) is 54.1 Å². The Balaban J connectivity index is 1.60. The Bertz CT molecular complexity index is 1190. The van der Waals surface area contributed by atoms with Crippen molar-refractivity contribution >= 4 is 27.9 Å². The van der Waals surface area contributed by atoms with E-state index >= 15 is 0 Å². The molecule has 0 saturated carbocycles. The standard InChI is InChI=1S/C22H19ClFN3OS/c1-2-26(12-15-3-7-17(23)8-4-15)13-19-11-21(28)27-20(14-29-22(27)25-19)16-5-9-18(24)10-6-16/h3-11,14H,2,12-13H2,1H3. The van der Waals surface area contributed by atoms with Crippen molar-refractivity contribution in [1.82, 2.24) is 14.3 Å². The molecule has 0 saturated heterocycles. The second-order valence-corrected chi connectivity index (χ2v) is 8.03. The SMILES string of the molecule is CCN(Cc1ccc(Cl)cc1)Cc1cc(=O)n2c(-c3ccc(F)cc3)csc2n1. The van der Waals surface area contributed by atoms with E-state index in [4.69, 9.17) is 11.6 Å². The largest absolute Gasteiger partial charge is 0.294 e. The van der Waals surface area contributed by atoms with Crippen LogP contribution in [0.5, 0.6) is 0 Å². The monoisotopic (exact) mass is 427 g/mol. The Morgan fingerprint density at radius 2 is 1.83 bits per heavy atom. The van der Waals surface area contributed by atoms with Gasteiger partial charge in [-0.3, -0.25) is 14.1 Å². The zero-order chi connectivity index (χ0) is 20.4. The number of halogens is 2. The van der Waals surface area contributed by atoms with Crippen LogP contribution in [-0.2, 0) is 13.1 Å². The van der Waals surface area contributed by atoms with Gasteiger partial charge in [0.25, 0.3) is 5.56 Å². The maximum absolute atomic E-state index is 13.2. The molecule has 0 N–H and O–H groups in total. The summed E-state index contributed by atoms with van der Waals surface area (Å²) in [5.41, 5.74) is 3.27. The minimum absolute atomic E-state index is 0.131. The Hall–Kier alpha value is -2.54. The van der Waals surface area contributed by atoms with E-state index in [0.717, 1.165) is 35.6 Å². The molecule has 0 spiro atoms. The number of aromatic nitrogens is 2. The Morgan fingerprint density at radius 1 is 1.10 bits per heavy atom. The number of nitrogens with zero attached hydrogens (tertiary/aromatic N) is 3. The predicted molar refractivity (Wildman–Crippen MR) is 116 cm³/mol. The first-order valence-electron chi connectivity index (χ1n) is 9.26. The molecule has 4 nitrogen and oxygen atoms in total. The minimum Gasteiger partial charge on any atom is -0.294 e. The number of hydrogen-bond donors (Lipinski definition) is 0. The third-order valence-corrected chi connectivity index (χ3v) is 5.83. The van der Waals surface area contributed by atoms with Crippen molar-refractivity contribution in [3.8, 4) is 11.3 Å². The van der Waals surface area contributed by atoms with Crippen molar-refractivity contribution in [2.24, 2.45) is 0 Å². The Kier molecular flexibility index (Phi) is 5.76. The van der Waals surface area contributed by atoms with Crippen LogP contribution in [-0.4, -0.2) is 20.8 Å². The van der Waals surface area contributed by atoms with E-state index in [1.165, 1.54) is 23.5 Å². The minimum atomic E-state index is -0.304. The van der Waals surface area contributed by atoms with Crippen LogP contribution in [0.1, 0.15) is 18.2 Å². The molecule has 7 heteroatoms. The van der Waals surface area contributed by atoms with Crippen molar-refractivity contribution < 1.29 is 4.39 Å². The summed E-state index contributed by atoms with van der Waals surface area (Å²) in [7, 11) is 0. The maximum atomic E-state index is 13.2. The summed E-state index contributed by atoms with van der Waals surface area (Å²) in [4.78, 5) is 20.3. The van der Waals surface area contributed by atoms with Gasteiger partial charge >= 0.3 is 0 Å². The first-order chi connectivity index (χ1) is 14.0. The molecule has 2 aromatic heterocycles. The van der Waals surface area contributed by atoms with Crippen LogP contribution in [0.15, 0.2) is 64.8 Å². The van der Waals surface area contributed by atoms with Crippen molar-refractivity contribution in [1.29, 1.82) is 0 Å². The zero-order valence-electron chi connectivity index (χ0n) is 15.8. The third-order valence-electron chi connectivity index (χ3n) is 4.75. The van der Waals surface area contributed by atoms with Gasteiger partial charge in [-0.15, -0.1) is 11.3 Å². The van der Waals surface area contributed by atoms with Gasteiger partial charge in [0.05, 0.1) is 11.4 Å². The summed E-state index contributed by atoms with van der Waals surface area (Å²) in [6.45, 7) is 4.24. The molecule has 0 unspecified atom stereocenters. The van der Waals surface area contributed by atoms with Crippen LogP contribution in [0.4, 0.5) is 4.39 Å². The maximum Gasteiger partial charge on any atom is 0.259 e. The lowest BCUT2D eigenvalue weighted by Crippen LogP contribution is -2.24. The molecule has 0 atom stereocenters. The molecule has 4 aromatic rings. The first kappa shape index (κ1) is 19.8. The molecular formula is C22H19ClFN3OS. The van der Waals surface area contributed by atoms with Crippen LogP contribution in [0.3, 0.4) is 0 Å². The molecule has 2 aromatic carbocycles. The molecule has 148 valence electrons. The summed E-state index contributed by atoms with van der Waals surface area (Å²) in [5, 5.41) is 2.60.